The van der Waals surface area contributed by atoms with Gasteiger partial charge in [0.25, 0.3) is 0 Å². The van der Waals surface area contributed by atoms with Gasteiger partial charge in [0, 0.05) is 23.7 Å². The van der Waals surface area contributed by atoms with Gasteiger partial charge >= 0.3 is 0 Å². The van der Waals surface area contributed by atoms with E-state index in [2.05, 4.69) is 23.3 Å². The van der Waals surface area contributed by atoms with Gasteiger partial charge in [0.05, 0.1) is 6.67 Å². The molecule has 1 heterocycles. The van der Waals surface area contributed by atoms with Crippen LogP contribution in [-0.2, 0) is 13.2 Å². The van der Waals surface area contributed by atoms with Crippen LogP contribution in [0.4, 0.5) is 0 Å². The second kappa shape index (κ2) is 7.16. The molecule has 0 unspecified atom stereocenters. The molecule has 23 heavy (non-hydrogen) atoms. The van der Waals surface area contributed by atoms with Crippen molar-refractivity contribution in [2.75, 3.05) is 13.1 Å². The van der Waals surface area contributed by atoms with Crippen LogP contribution in [0.2, 0.25) is 5.02 Å². The molecule has 0 N–H and O–H groups in total. The molecule has 1 aromatic heterocycles. The maximum Gasteiger partial charge on any atom is 0.199 e. The third-order valence-corrected chi connectivity index (χ3v) is 5.02. The molecular weight excluding hydrogens is 328 g/mol. The second-order valence-electron chi connectivity index (χ2n) is 6.11. The van der Waals surface area contributed by atoms with Crippen molar-refractivity contribution < 1.29 is 0 Å². The molecule has 3 rings (SSSR count). The Morgan fingerprint density at radius 3 is 2.52 bits per heavy atom. The Morgan fingerprint density at radius 2 is 1.96 bits per heavy atom. The van der Waals surface area contributed by atoms with E-state index in [1.165, 1.54) is 12.8 Å². The fourth-order valence-electron chi connectivity index (χ4n) is 2.77. The minimum Gasteiger partial charge on any atom is -0.300 e. The first-order chi connectivity index (χ1) is 11.1. The standard InChI is InChI=1S/C17H23ClN4S/c1-3-20(11-13-5-6-13)12-22-17(23)21(4-2)16(19-22)14-7-9-15(18)10-8-14/h7-10,13H,3-6,11-12H2,1-2H3. The van der Waals surface area contributed by atoms with Crippen LogP contribution >= 0.6 is 23.8 Å². The lowest BCUT2D eigenvalue weighted by Crippen LogP contribution is -2.29. The zero-order chi connectivity index (χ0) is 16.4. The van der Waals surface area contributed by atoms with Gasteiger partial charge < -0.3 is 4.57 Å². The Bertz CT molecular complexity index is 715. The average molecular weight is 351 g/mol. The highest BCUT2D eigenvalue weighted by molar-refractivity contribution is 7.71. The zero-order valence-corrected chi connectivity index (χ0v) is 15.3. The molecule has 1 fully saturated rings. The maximum absolute atomic E-state index is 5.99. The Hall–Kier alpha value is -1.17. The van der Waals surface area contributed by atoms with Crippen molar-refractivity contribution in [1.29, 1.82) is 0 Å². The Balaban J connectivity index is 1.89. The van der Waals surface area contributed by atoms with E-state index in [1.54, 1.807) is 0 Å². The number of halogens is 1. The first-order valence-corrected chi connectivity index (χ1v) is 9.07. The normalized spacial score (nSPS) is 14.6. The SMILES string of the molecule is CCN(CC1CC1)Cn1nc(-c2ccc(Cl)cc2)n(CC)c1=S. The van der Waals surface area contributed by atoms with Crippen molar-refractivity contribution in [1.82, 2.24) is 19.2 Å². The Morgan fingerprint density at radius 1 is 1.26 bits per heavy atom. The van der Waals surface area contributed by atoms with Crippen LogP contribution in [0.1, 0.15) is 26.7 Å². The largest absolute Gasteiger partial charge is 0.300 e. The van der Waals surface area contributed by atoms with Gasteiger partial charge in [0.15, 0.2) is 10.6 Å². The molecule has 124 valence electrons. The summed E-state index contributed by atoms with van der Waals surface area (Å²) in [6.07, 6.45) is 2.72. The third kappa shape index (κ3) is 3.84. The fourth-order valence-corrected chi connectivity index (χ4v) is 3.21. The van der Waals surface area contributed by atoms with E-state index in [1.807, 2.05) is 28.9 Å². The molecule has 1 aliphatic rings. The Labute approximate surface area is 147 Å². The quantitative estimate of drug-likeness (QED) is 0.690. The van der Waals surface area contributed by atoms with Crippen LogP contribution < -0.4 is 0 Å². The monoisotopic (exact) mass is 350 g/mol. The van der Waals surface area contributed by atoms with Crippen molar-refractivity contribution in [3.8, 4) is 11.4 Å². The highest BCUT2D eigenvalue weighted by atomic mass is 35.5. The first kappa shape index (κ1) is 16.7. The molecule has 0 atom stereocenters. The molecule has 0 spiro atoms. The van der Waals surface area contributed by atoms with Gasteiger partial charge in [-0.05, 0) is 68.7 Å². The van der Waals surface area contributed by atoms with Crippen LogP contribution in [0.25, 0.3) is 11.4 Å². The molecule has 2 aromatic rings. The van der Waals surface area contributed by atoms with Crippen LogP contribution in [0.5, 0.6) is 0 Å². The summed E-state index contributed by atoms with van der Waals surface area (Å²) in [5.74, 6) is 1.78. The lowest BCUT2D eigenvalue weighted by atomic mass is 10.2. The van der Waals surface area contributed by atoms with E-state index in [-0.39, 0.29) is 0 Å². The molecule has 1 aliphatic carbocycles. The maximum atomic E-state index is 5.99. The molecule has 4 nitrogen and oxygen atoms in total. The van der Waals surface area contributed by atoms with Gasteiger partial charge in [-0.2, -0.15) is 5.10 Å². The van der Waals surface area contributed by atoms with Gasteiger partial charge in [-0.1, -0.05) is 18.5 Å². The van der Waals surface area contributed by atoms with E-state index in [0.29, 0.717) is 0 Å². The van der Waals surface area contributed by atoms with E-state index >= 15 is 0 Å². The molecule has 0 saturated heterocycles. The van der Waals surface area contributed by atoms with Gasteiger partial charge in [0.2, 0.25) is 0 Å². The Kier molecular flexibility index (Phi) is 5.19. The number of hydrogen-bond acceptors (Lipinski definition) is 3. The summed E-state index contributed by atoms with van der Waals surface area (Å²) < 4.78 is 4.82. The van der Waals surface area contributed by atoms with Crippen LogP contribution in [0, 0.1) is 10.7 Å². The average Bonchev–Trinajstić information content (AvgIpc) is 3.31. The van der Waals surface area contributed by atoms with E-state index in [4.69, 9.17) is 28.9 Å². The first-order valence-electron chi connectivity index (χ1n) is 8.28. The summed E-state index contributed by atoms with van der Waals surface area (Å²) in [7, 11) is 0. The predicted molar refractivity (Wildman–Crippen MR) is 97.1 cm³/mol. The molecule has 0 amide bonds. The minimum atomic E-state index is 0.733. The van der Waals surface area contributed by atoms with Gasteiger partial charge in [0.1, 0.15) is 0 Å². The number of aromatic nitrogens is 3. The topological polar surface area (TPSA) is 26.0 Å². The molecule has 0 bridgehead atoms. The molecule has 1 saturated carbocycles. The van der Waals surface area contributed by atoms with Crippen molar-refractivity contribution >= 4 is 23.8 Å². The van der Waals surface area contributed by atoms with Crippen molar-refractivity contribution in [2.45, 2.75) is 39.9 Å². The fraction of sp³-hybridized carbons (Fsp3) is 0.529. The molecular formula is C17H23ClN4S. The summed E-state index contributed by atoms with van der Waals surface area (Å²) in [6.45, 7) is 8.04. The number of hydrogen-bond donors (Lipinski definition) is 0. The van der Waals surface area contributed by atoms with E-state index in [0.717, 1.165) is 53.4 Å². The second-order valence-corrected chi connectivity index (χ2v) is 6.91. The van der Waals surface area contributed by atoms with Crippen molar-refractivity contribution in [3.63, 3.8) is 0 Å². The summed E-state index contributed by atoms with van der Waals surface area (Å²) in [4.78, 5) is 2.42. The minimum absolute atomic E-state index is 0.733. The van der Waals surface area contributed by atoms with E-state index in [9.17, 15) is 0 Å². The highest BCUT2D eigenvalue weighted by Gasteiger charge is 2.24. The van der Waals surface area contributed by atoms with Crippen molar-refractivity contribution in [2.24, 2.45) is 5.92 Å². The summed E-state index contributed by atoms with van der Waals surface area (Å²) >= 11 is 11.6. The lowest BCUT2D eigenvalue weighted by Gasteiger charge is -2.19. The molecule has 6 heteroatoms. The number of nitrogens with zero attached hydrogens (tertiary/aromatic N) is 4. The van der Waals surface area contributed by atoms with E-state index < -0.39 is 0 Å². The van der Waals surface area contributed by atoms with Gasteiger partial charge in [-0.15, -0.1) is 0 Å². The predicted octanol–water partition coefficient (Wildman–Crippen LogP) is 4.44. The van der Waals surface area contributed by atoms with Gasteiger partial charge in [-0.25, -0.2) is 4.68 Å². The number of benzene rings is 1. The van der Waals surface area contributed by atoms with Crippen LogP contribution in [0.15, 0.2) is 24.3 Å². The smallest absolute Gasteiger partial charge is 0.199 e. The van der Waals surface area contributed by atoms with Crippen LogP contribution in [0.3, 0.4) is 0 Å². The molecule has 1 aromatic carbocycles. The van der Waals surface area contributed by atoms with Crippen molar-refractivity contribution in [3.05, 3.63) is 34.1 Å². The molecule has 0 radical (unpaired) electrons. The zero-order valence-electron chi connectivity index (χ0n) is 13.7. The summed E-state index contributed by atoms with van der Waals surface area (Å²) in [5, 5.41) is 5.52. The lowest BCUT2D eigenvalue weighted by molar-refractivity contribution is 0.207. The third-order valence-electron chi connectivity index (χ3n) is 4.34. The summed E-state index contributed by atoms with van der Waals surface area (Å²) in [6, 6.07) is 7.78. The summed E-state index contributed by atoms with van der Waals surface area (Å²) in [5.41, 5.74) is 1.05. The van der Waals surface area contributed by atoms with Gasteiger partial charge in [-0.3, -0.25) is 4.90 Å². The molecule has 0 aliphatic heterocycles. The van der Waals surface area contributed by atoms with Crippen LogP contribution in [-0.4, -0.2) is 32.3 Å². The number of rotatable bonds is 7. The highest BCUT2D eigenvalue weighted by Crippen LogP contribution is 2.30.